The highest BCUT2D eigenvalue weighted by molar-refractivity contribution is 7.19. The van der Waals surface area contributed by atoms with Gasteiger partial charge in [0.25, 0.3) is 0 Å². The Balaban J connectivity index is 1.18. The monoisotopic (exact) mass is 569 g/mol. The van der Waals surface area contributed by atoms with Crippen LogP contribution in [-0.2, 0) is 4.74 Å². The maximum atomic E-state index is 15.0. The van der Waals surface area contributed by atoms with E-state index in [0.717, 1.165) is 36.5 Å². The fourth-order valence-electron chi connectivity index (χ4n) is 4.70. The number of hydrogen-bond donors (Lipinski definition) is 2. The minimum Gasteiger partial charge on any atom is -0.446 e. The van der Waals surface area contributed by atoms with Crippen molar-refractivity contribution in [3.05, 3.63) is 42.9 Å². The average Bonchev–Trinajstić information content (AvgIpc) is 3.43. The lowest BCUT2D eigenvalue weighted by molar-refractivity contribution is 0.0661. The summed E-state index contributed by atoms with van der Waals surface area (Å²) in [7, 11) is 3.60. The highest BCUT2D eigenvalue weighted by Crippen LogP contribution is 2.28. The number of halogens is 1. The Kier molecular flexibility index (Phi) is 8.65. The predicted molar refractivity (Wildman–Crippen MR) is 150 cm³/mol. The van der Waals surface area contributed by atoms with Gasteiger partial charge in [-0.2, -0.15) is 4.98 Å². The Morgan fingerprint density at radius 2 is 1.90 bits per heavy atom. The summed E-state index contributed by atoms with van der Waals surface area (Å²) in [6.07, 6.45) is 4.71. The first-order valence-corrected chi connectivity index (χ1v) is 14.0. The van der Waals surface area contributed by atoms with Crippen LogP contribution in [0.25, 0.3) is 10.6 Å². The molecule has 12 nitrogen and oxygen atoms in total. The van der Waals surface area contributed by atoms with Crippen molar-refractivity contribution in [3.8, 4) is 10.6 Å². The molecule has 2 saturated heterocycles. The molecule has 3 aromatic rings. The first-order chi connectivity index (χ1) is 19.4. The van der Waals surface area contributed by atoms with Crippen molar-refractivity contribution >= 4 is 40.4 Å². The standard InChI is InChI=1S/C26H32FN9O3S/c1-34-12-7-17(8-13-34)39-26(38)32-22-6-11-29-23(31-22)36-14-9-18(27)20(16-36)35(2)25(37)33-24-30-15-21(40-24)19-5-3-4-10-28-19/h3-6,10-11,15,17-18,20H,7-9,12-14,16H2,1-2H3,(H,30,33,37)(H,29,31,32,38)/t18-,20+/m1/s1. The number of urea groups is 1. The van der Waals surface area contributed by atoms with E-state index in [9.17, 15) is 9.59 Å². The van der Waals surface area contributed by atoms with Crippen LogP contribution in [0.3, 0.4) is 0 Å². The Morgan fingerprint density at radius 1 is 1.07 bits per heavy atom. The maximum Gasteiger partial charge on any atom is 0.413 e. The van der Waals surface area contributed by atoms with E-state index in [0.29, 0.717) is 23.4 Å². The summed E-state index contributed by atoms with van der Waals surface area (Å²) in [4.78, 5) is 48.9. The van der Waals surface area contributed by atoms with E-state index >= 15 is 4.39 Å². The summed E-state index contributed by atoms with van der Waals surface area (Å²) in [5.74, 6) is 0.628. The number of piperidine rings is 2. The number of pyridine rings is 1. The Labute approximate surface area is 235 Å². The van der Waals surface area contributed by atoms with Gasteiger partial charge in [-0.3, -0.25) is 15.6 Å². The van der Waals surface area contributed by atoms with Crippen molar-refractivity contribution in [3.63, 3.8) is 0 Å². The van der Waals surface area contributed by atoms with Crippen molar-refractivity contribution < 1.29 is 18.7 Å². The molecule has 2 atom stereocenters. The summed E-state index contributed by atoms with van der Waals surface area (Å²) < 4.78 is 20.6. The summed E-state index contributed by atoms with van der Waals surface area (Å²) in [5, 5.41) is 5.83. The molecule has 0 bridgehead atoms. The SMILES string of the molecule is CN1CCC(OC(=O)Nc2ccnc(N3CC[C@@H](F)[C@@H](N(C)C(=O)Nc4ncc(-c5ccccn5)s4)C3)n2)CC1. The molecule has 0 aromatic carbocycles. The van der Waals surface area contributed by atoms with Crippen molar-refractivity contribution in [2.24, 2.45) is 0 Å². The van der Waals surface area contributed by atoms with Gasteiger partial charge in [-0.25, -0.2) is 23.9 Å². The molecule has 40 heavy (non-hydrogen) atoms. The van der Waals surface area contributed by atoms with Crippen molar-refractivity contribution in [2.75, 3.05) is 55.8 Å². The van der Waals surface area contributed by atoms with Crippen molar-refractivity contribution in [1.82, 2.24) is 29.7 Å². The molecule has 2 N–H and O–H groups in total. The van der Waals surface area contributed by atoms with Gasteiger partial charge in [-0.1, -0.05) is 17.4 Å². The third-order valence-corrected chi connectivity index (χ3v) is 7.98. The number of aromatic nitrogens is 4. The van der Waals surface area contributed by atoms with Gasteiger partial charge in [-0.15, -0.1) is 0 Å². The Bertz CT molecular complexity index is 1310. The van der Waals surface area contributed by atoms with E-state index in [-0.39, 0.29) is 19.1 Å². The zero-order valence-corrected chi connectivity index (χ0v) is 23.2. The molecular formula is C26H32FN9O3S. The molecule has 0 saturated carbocycles. The molecule has 5 rings (SSSR count). The predicted octanol–water partition coefficient (Wildman–Crippen LogP) is 3.72. The van der Waals surface area contributed by atoms with E-state index in [1.165, 1.54) is 22.4 Å². The number of thiazole rings is 1. The molecule has 5 heterocycles. The van der Waals surface area contributed by atoms with Crippen LogP contribution in [0.2, 0.25) is 0 Å². The first kappa shape index (κ1) is 27.6. The third-order valence-electron chi connectivity index (χ3n) is 7.05. The number of ether oxygens (including phenoxy) is 1. The summed E-state index contributed by atoms with van der Waals surface area (Å²) in [6, 6.07) is 5.93. The van der Waals surface area contributed by atoms with Gasteiger partial charge >= 0.3 is 12.1 Å². The molecule has 2 aliphatic heterocycles. The van der Waals surface area contributed by atoms with E-state index in [4.69, 9.17) is 4.74 Å². The summed E-state index contributed by atoms with van der Waals surface area (Å²) in [5.41, 5.74) is 0.757. The zero-order chi connectivity index (χ0) is 28.1. The molecule has 14 heteroatoms. The van der Waals surface area contributed by atoms with E-state index < -0.39 is 24.3 Å². The molecule has 0 spiro atoms. The Morgan fingerprint density at radius 3 is 2.67 bits per heavy atom. The van der Waals surface area contributed by atoms with Crippen LogP contribution in [-0.4, -0.2) is 100 Å². The fraction of sp³-hybridized carbons (Fsp3) is 0.462. The summed E-state index contributed by atoms with van der Waals surface area (Å²) >= 11 is 1.29. The minimum atomic E-state index is -1.22. The number of anilines is 3. The number of likely N-dealkylation sites (tertiary alicyclic amines) is 1. The molecule has 0 unspecified atom stereocenters. The molecule has 0 aliphatic carbocycles. The van der Waals surface area contributed by atoms with Crippen molar-refractivity contribution in [2.45, 2.75) is 37.6 Å². The van der Waals surface area contributed by atoms with Crippen LogP contribution in [0, 0.1) is 0 Å². The Hall–Kier alpha value is -3.91. The topological polar surface area (TPSA) is 129 Å². The summed E-state index contributed by atoms with van der Waals surface area (Å²) in [6.45, 7) is 2.32. The van der Waals surface area contributed by atoms with Crippen LogP contribution in [0.15, 0.2) is 42.9 Å². The van der Waals surface area contributed by atoms with Gasteiger partial charge in [0.1, 0.15) is 18.1 Å². The third kappa shape index (κ3) is 6.80. The number of likely N-dealkylation sites (N-methyl/N-ethyl adjacent to an activating group) is 1. The lowest BCUT2D eigenvalue weighted by Gasteiger charge is -2.39. The molecule has 2 fully saturated rings. The van der Waals surface area contributed by atoms with Gasteiger partial charge in [-0.05, 0) is 44.5 Å². The van der Waals surface area contributed by atoms with Crippen LogP contribution in [0.4, 0.5) is 30.9 Å². The van der Waals surface area contributed by atoms with E-state index in [2.05, 4.69) is 35.5 Å². The highest BCUT2D eigenvalue weighted by atomic mass is 32.1. The second kappa shape index (κ2) is 12.5. The quantitative estimate of drug-likeness (QED) is 0.456. The van der Waals surface area contributed by atoms with Crippen LogP contribution < -0.4 is 15.5 Å². The number of amides is 3. The number of nitrogens with one attached hydrogen (secondary N) is 2. The molecular weight excluding hydrogens is 537 g/mol. The van der Waals surface area contributed by atoms with Gasteiger partial charge in [0, 0.05) is 51.8 Å². The number of nitrogens with zero attached hydrogens (tertiary/aromatic N) is 7. The second-order valence-corrected chi connectivity index (χ2v) is 10.9. The van der Waals surface area contributed by atoms with Gasteiger partial charge < -0.3 is 19.4 Å². The molecule has 3 aromatic heterocycles. The molecule has 0 radical (unpaired) electrons. The number of carbonyl (C=O) groups excluding carboxylic acids is 2. The van der Waals surface area contributed by atoms with Gasteiger partial charge in [0.2, 0.25) is 5.95 Å². The average molecular weight is 570 g/mol. The van der Waals surface area contributed by atoms with E-state index in [1.54, 1.807) is 30.4 Å². The zero-order valence-electron chi connectivity index (χ0n) is 22.4. The number of rotatable bonds is 6. The van der Waals surface area contributed by atoms with Crippen LogP contribution in [0.5, 0.6) is 0 Å². The van der Waals surface area contributed by atoms with Crippen molar-refractivity contribution in [1.29, 1.82) is 0 Å². The van der Waals surface area contributed by atoms with Gasteiger partial charge in [0.15, 0.2) is 5.13 Å². The lowest BCUT2D eigenvalue weighted by Crippen LogP contribution is -2.55. The lowest BCUT2D eigenvalue weighted by atomic mass is 10.0. The smallest absolute Gasteiger partial charge is 0.413 e. The second-order valence-electron chi connectivity index (χ2n) is 9.88. The highest BCUT2D eigenvalue weighted by Gasteiger charge is 2.35. The van der Waals surface area contributed by atoms with E-state index in [1.807, 2.05) is 25.2 Å². The van der Waals surface area contributed by atoms with Crippen LogP contribution in [0.1, 0.15) is 19.3 Å². The number of carbonyl (C=O) groups is 2. The molecule has 212 valence electrons. The fourth-order valence-corrected chi connectivity index (χ4v) is 5.48. The molecule has 2 aliphatic rings. The maximum absolute atomic E-state index is 15.0. The largest absolute Gasteiger partial charge is 0.446 e. The first-order valence-electron chi connectivity index (χ1n) is 13.1. The molecule has 3 amide bonds. The number of hydrogen-bond acceptors (Lipinski definition) is 10. The van der Waals surface area contributed by atoms with Gasteiger partial charge in [0.05, 0.1) is 16.6 Å². The number of alkyl halides is 1. The normalized spacial score (nSPS) is 20.1. The van der Waals surface area contributed by atoms with Crippen LogP contribution >= 0.6 is 11.3 Å². The minimum absolute atomic E-state index is 0.130.